The zero-order chi connectivity index (χ0) is 23.6. The number of imidazole rings is 1. The molecule has 0 N–H and O–H groups in total. The Balaban J connectivity index is 1.45. The van der Waals surface area contributed by atoms with E-state index in [0.717, 1.165) is 30.3 Å². The van der Waals surface area contributed by atoms with Crippen molar-refractivity contribution in [2.45, 2.75) is 38.1 Å². The molecule has 1 amide bonds. The molecule has 172 valence electrons. The second-order valence-electron chi connectivity index (χ2n) is 9.29. The third kappa shape index (κ3) is 3.45. The highest BCUT2D eigenvalue weighted by molar-refractivity contribution is 9.10. The van der Waals surface area contributed by atoms with E-state index in [2.05, 4.69) is 35.0 Å². The lowest BCUT2D eigenvalue weighted by atomic mass is 9.93. The second kappa shape index (κ2) is 8.01. The van der Waals surface area contributed by atoms with Gasteiger partial charge < -0.3 is 9.47 Å². The summed E-state index contributed by atoms with van der Waals surface area (Å²) < 4.78 is 17.4. The molecule has 1 saturated carbocycles. The predicted octanol–water partition coefficient (Wildman–Crippen LogP) is 6.17. The van der Waals surface area contributed by atoms with Gasteiger partial charge in [-0.15, -0.1) is 0 Å². The highest BCUT2D eigenvalue weighted by Gasteiger charge is 2.33. The van der Waals surface area contributed by atoms with Gasteiger partial charge in [0.1, 0.15) is 17.3 Å². The minimum Gasteiger partial charge on any atom is -0.330 e. The number of rotatable bonds is 3. The van der Waals surface area contributed by atoms with Gasteiger partial charge in [0.25, 0.3) is 5.91 Å². The third-order valence-electron chi connectivity index (χ3n) is 7.13. The fourth-order valence-corrected chi connectivity index (χ4v) is 5.50. The maximum Gasteiger partial charge on any atom is 0.273 e. The van der Waals surface area contributed by atoms with E-state index in [1.807, 2.05) is 34.7 Å². The molecule has 3 heterocycles. The van der Waals surface area contributed by atoms with Crippen molar-refractivity contribution in [3.05, 3.63) is 81.2 Å². The summed E-state index contributed by atoms with van der Waals surface area (Å²) in [5.74, 6) is 0.472. The average molecular weight is 519 g/mol. The molecule has 2 aliphatic rings. The first-order valence-corrected chi connectivity index (χ1v) is 12.4. The highest BCUT2D eigenvalue weighted by Crippen LogP contribution is 2.44. The molecule has 0 saturated heterocycles. The van der Waals surface area contributed by atoms with Gasteiger partial charge in [0.15, 0.2) is 5.65 Å². The van der Waals surface area contributed by atoms with Crippen molar-refractivity contribution < 1.29 is 9.18 Å². The zero-order valence-corrected chi connectivity index (χ0v) is 20.6. The lowest BCUT2D eigenvalue weighted by molar-refractivity contribution is 0.0672. The number of aromatic nitrogens is 3. The fraction of sp³-hybridized carbons (Fsp3) is 0.296. The SMILES string of the molecule is C[C@@H]1c2ccccc2CCN1C(=O)c1cc(C2CC2)c2c(n1)nc(-c1ccc(Br)cc1F)n2C. The van der Waals surface area contributed by atoms with Crippen molar-refractivity contribution >= 4 is 33.0 Å². The van der Waals surface area contributed by atoms with Gasteiger partial charge in [0, 0.05) is 18.1 Å². The Hall–Kier alpha value is -3.06. The van der Waals surface area contributed by atoms with Crippen LogP contribution in [0.1, 0.15) is 58.9 Å². The standard InChI is InChI=1S/C27H24BrFN4O/c1-15-19-6-4-3-5-16(19)11-12-33(15)27(34)23-14-21(17-7-8-17)24-25(30-23)31-26(32(24)2)20-10-9-18(28)13-22(20)29/h3-6,9-10,13-15,17H,7-8,11-12H2,1-2H3/t15-/m1/s1. The second-order valence-corrected chi connectivity index (χ2v) is 10.2. The van der Waals surface area contributed by atoms with Crippen LogP contribution in [0.4, 0.5) is 4.39 Å². The van der Waals surface area contributed by atoms with E-state index in [4.69, 9.17) is 9.97 Å². The quantitative estimate of drug-likeness (QED) is 0.325. The van der Waals surface area contributed by atoms with Crippen LogP contribution in [0.3, 0.4) is 0 Å². The first-order valence-electron chi connectivity index (χ1n) is 11.6. The summed E-state index contributed by atoms with van der Waals surface area (Å²) in [5.41, 5.74) is 5.79. The van der Waals surface area contributed by atoms with Crippen LogP contribution >= 0.6 is 15.9 Å². The van der Waals surface area contributed by atoms with Crippen LogP contribution in [0.5, 0.6) is 0 Å². The van der Waals surface area contributed by atoms with Gasteiger partial charge in [-0.05, 0) is 73.1 Å². The lowest BCUT2D eigenvalue weighted by Crippen LogP contribution is -2.39. The number of halogens is 2. The molecule has 7 heteroatoms. The number of hydrogen-bond acceptors (Lipinski definition) is 3. The van der Waals surface area contributed by atoms with E-state index < -0.39 is 0 Å². The number of benzene rings is 2. The van der Waals surface area contributed by atoms with Crippen LogP contribution in [-0.2, 0) is 13.5 Å². The van der Waals surface area contributed by atoms with Gasteiger partial charge in [-0.2, -0.15) is 0 Å². The number of carbonyl (C=O) groups excluding carboxylic acids is 1. The smallest absolute Gasteiger partial charge is 0.273 e. The Morgan fingerprint density at radius 2 is 1.88 bits per heavy atom. The van der Waals surface area contributed by atoms with Gasteiger partial charge in [0.2, 0.25) is 0 Å². The molecule has 1 fully saturated rings. The van der Waals surface area contributed by atoms with Crippen LogP contribution in [0.2, 0.25) is 0 Å². The molecule has 0 spiro atoms. The van der Waals surface area contributed by atoms with Gasteiger partial charge in [-0.1, -0.05) is 40.2 Å². The molecule has 5 nitrogen and oxygen atoms in total. The molecule has 34 heavy (non-hydrogen) atoms. The zero-order valence-electron chi connectivity index (χ0n) is 19.1. The Kier molecular flexibility index (Phi) is 5.06. The van der Waals surface area contributed by atoms with E-state index >= 15 is 0 Å². The summed E-state index contributed by atoms with van der Waals surface area (Å²) >= 11 is 3.32. The minimum absolute atomic E-state index is 0.0181. The molecule has 0 bridgehead atoms. The van der Waals surface area contributed by atoms with E-state index in [1.54, 1.807) is 12.1 Å². The highest BCUT2D eigenvalue weighted by atomic mass is 79.9. The lowest BCUT2D eigenvalue weighted by Gasteiger charge is -2.35. The van der Waals surface area contributed by atoms with Crippen LogP contribution in [-0.4, -0.2) is 31.9 Å². The normalized spacial score (nSPS) is 17.8. The molecule has 6 rings (SSSR count). The Bertz CT molecular complexity index is 1460. The van der Waals surface area contributed by atoms with Gasteiger partial charge >= 0.3 is 0 Å². The largest absolute Gasteiger partial charge is 0.330 e. The van der Waals surface area contributed by atoms with Crippen molar-refractivity contribution in [3.63, 3.8) is 0 Å². The summed E-state index contributed by atoms with van der Waals surface area (Å²) in [6.07, 6.45) is 2.99. The van der Waals surface area contributed by atoms with Gasteiger partial charge in [0.05, 0.1) is 17.1 Å². The van der Waals surface area contributed by atoms with Crippen LogP contribution in [0, 0.1) is 5.82 Å². The van der Waals surface area contributed by atoms with E-state index in [9.17, 15) is 9.18 Å². The van der Waals surface area contributed by atoms with E-state index in [0.29, 0.717) is 39.7 Å². The summed E-state index contributed by atoms with van der Waals surface area (Å²) in [5, 5.41) is 0. The summed E-state index contributed by atoms with van der Waals surface area (Å²) in [7, 11) is 1.89. The summed E-state index contributed by atoms with van der Waals surface area (Å²) in [4.78, 5) is 25.0. The molecule has 1 aliphatic carbocycles. The first kappa shape index (κ1) is 21.5. The number of amides is 1. The van der Waals surface area contributed by atoms with Gasteiger partial charge in [-0.25, -0.2) is 14.4 Å². The van der Waals surface area contributed by atoms with Crippen LogP contribution in [0.25, 0.3) is 22.6 Å². The van der Waals surface area contributed by atoms with Crippen LogP contribution in [0.15, 0.2) is 53.0 Å². The fourth-order valence-electron chi connectivity index (χ4n) is 5.17. The Labute approximate surface area is 205 Å². The first-order chi connectivity index (χ1) is 16.4. The maximum absolute atomic E-state index is 14.8. The number of hydrogen-bond donors (Lipinski definition) is 0. The number of fused-ring (bicyclic) bond motifs is 2. The minimum atomic E-state index is -0.349. The van der Waals surface area contributed by atoms with Crippen LogP contribution < -0.4 is 0 Å². The average Bonchev–Trinajstić information content (AvgIpc) is 3.62. The Morgan fingerprint density at radius 3 is 2.65 bits per heavy atom. The molecule has 1 atom stereocenters. The third-order valence-corrected chi connectivity index (χ3v) is 7.63. The number of aryl methyl sites for hydroxylation is 1. The maximum atomic E-state index is 14.8. The van der Waals surface area contributed by atoms with Crippen molar-refractivity contribution in [1.82, 2.24) is 19.4 Å². The number of carbonyl (C=O) groups is 1. The van der Waals surface area contributed by atoms with E-state index in [1.165, 1.54) is 17.2 Å². The molecular weight excluding hydrogens is 495 g/mol. The molecule has 1 aliphatic heterocycles. The van der Waals surface area contributed by atoms with Crippen molar-refractivity contribution in [2.24, 2.45) is 7.05 Å². The number of nitrogens with zero attached hydrogens (tertiary/aromatic N) is 4. The van der Waals surface area contributed by atoms with E-state index in [-0.39, 0.29) is 17.8 Å². The monoisotopic (exact) mass is 518 g/mol. The summed E-state index contributed by atoms with van der Waals surface area (Å²) in [6.45, 7) is 2.73. The molecule has 2 aromatic carbocycles. The van der Waals surface area contributed by atoms with Crippen molar-refractivity contribution in [2.75, 3.05) is 6.54 Å². The molecule has 0 unspecified atom stereocenters. The van der Waals surface area contributed by atoms with Gasteiger partial charge in [-0.3, -0.25) is 4.79 Å². The number of pyridine rings is 1. The molecule has 0 radical (unpaired) electrons. The topological polar surface area (TPSA) is 51.0 Å². The molecule has 4 aromatic rings. The molecule has 2 aromatic heterocycles. The predicted molar refractivity (Wildman–Crippen MR) is 133 cm³/mol. The van der Waals surface area contributed by atoms with Crippen molar-refractivity contribution in [3.8, 4) is 11.4 Å². The Morgan fingerprint density at radius 1 is 1.09 bits per heavy atom. The molecular formula is C27H24BrFN4O. The van der Waals surface area contributed by atoms with Crippen molar-refractivity contribution in [1.29, 1.82) is 0 Å². The summed E-state index contributed by atoms with van der Waals surface area (Å²) in [6, 6.07) is 15.2.